The molecule has 1 fully saturated rings. The molecule has 0 radical (unpaired) electrons. The van der Waals surface area contributed by atoms with Gasteiger partial charge in [-0.3, -0.25) is 14.9 Å². The van der Waals surface area contributed by atoms with Crippen molar-refractivity contribution < 1.29 is 17.9 Å². The minimum absolute atomic E-state index is 0.0110. The summed E-state index contributed by atoms with van der Waals surface area (Å²) in [7, 11) is -1.47. The summed E-state index contributed by atoms with van der Waals surface area (Å²) in [6.07, 6.45) is 0. The van der Waals surface area contributed by atoms with Crippen molar-refractivity contribution in [1.29, 1.82) is 0 Å². The molecular weight excluding hydrogens is 414 g/mol. The number of aryl methyl sites for hydroxylation is 1. The van der Waals surface area contributed by atoms with Crippen molar-refractivity contribution in [3.05, 3.63) is 36.0 Å². The fraction of sp³-hybridized carbons (Fsp3) is 0.389. The molecule has 3 heterocycles. The van der Waals surface area contributed by atoms with Crippen LogP contribution in [-0.2, 0) is 14.6 Å². The van der Waals surface area contributed by atoms with E-state index in [-0.39, 0.29) is 35.2 Å². The minimum Gasteiger partial charge on any atom is -0.497 e. The Kier molecular flexibility index (Phi) is 5.26. The summed E-state index contributed by atoms with van der Waals surface area (Å²) in [4.78, 5) is 19.1. The first-order valence-electron chi connectivity index (χ1n) is 9.01. The number of aromatic amines is 1. The second-order valence-corrected chi connectivity index (χ2v) is 10.3. The summed E-state index contributed by atoms with van der Waals surface area (Å²) in [6.45, 7) is 1.86. The minimum atomic E-state index is -3.05. The van der Waals surface area contributed by atoms with Gasteiger partial charge >= 0.3 is 0 Å². The first-order chi connectivity index (χ1) is 13.8. The number of nitrogens with zero attached hydrogens (tertiary/aromatic N) is 3. The fourth-order valence-corrected chi connectivity index (χ4v) is 7.11. The molecule has 0 saturated carbocycles. The van der Waals surface area contributed by atoms with Gasteiger partial charge < -0.3 is 15.0 Å². The quantitative estimate of drug-likeness (QED) is 0.730. The zero-order valence-corrected chi connectivity index (χ0v) is 17.6. The topological polar surface area (TPSA) is 117 Å². The number of fused-ring (bicyclic) bond motifs is 1. The van der Waals surface area contributed by atoms with Crippen LogP contribution in [-0.4, -0.2) is 66.1 Å². The third-order valence-electron chi connectivity index (χ3n) is 4.68. The van der Waals surface area contributed by atoms with Gasteiger partial charge in [0.15, 0.2) is 20.8 Å². The fourth-order valence-electron chi connectivity index (χ4n) is 3.33. The Bertz CT molecular complexity index is 1070. The van der Waals surface area contributed by atoms with Crippen LogP contribution in [0.25, 0.3) is 0 Å². The Morgan fingerprint density at radius 2 is 2.21 bits per heavy atom. The molecule has 1 aromatic carbocycles. The highest BCUT2D eigenvalue weighted by atomic mass is 32.2. The number of hydrogen-bond acceptors (Lipinski definition) is 8. The van der Waals surface area contributed by atoms with Gasteiger partial charge in [0.1, 0.15) is 12.3 Å². The van der Waals surface area contributed by atoms with E-state index in [9.17, 15) is 13.2 Å². The van der Waals surface area contributed by atoms with Crippen LogP contribution in [0.15, 0.2) is 35.3 Å². The molecule has 1 saturated heterocycles. The summed E-state index contributed by atoms with van der Waals surface area (Å²) in [5, 5.41) is 10.1. The number of aliphatic imine (C=N–C) groups is 1. The summed E-state index contributed by atoms with van der Waals surface area (Å²) in [6, 6.07) is 8.80. The number of carbonyl (C=O) groups is 1. The molecule has 9 nitrogen and oxygen atoms in total. The average molecular weight is 436 g/mol. The highest BCUT2D eigenvalue weighted by Gasteiger charge is 2.44. The zero-order chi connectivity index (χ0) is 20.6. The van der Waals surface area contributed by atoms with Gasteiger partial charge in [0, 0.05) is 28.8 Å². The number of sulfone groups is 1. The lowest BCUT2D eigenvalue weighted by Crippen LogP contribution is -2.36. The zero-order valence-electron chi connectivity index (χ0n) is 16.0. The number of amidine groups is 1. The number of hydrogen-bond donors (Lipinski definition) is 2. The van der Waals surface area contributed by atoms with E-state index in [1.165, 1.54) is 11.8 Å². The van der Waals surface area contributed by atoms with E-state index >= 15 is 0 Å². The number of benzene rings is 1. The summed E-state index contributed by atoms with van der Waals surface area (Å²) >= 11 is 1.41. The molecule has 2 aliphatic rings. The first kappa shape index (κ1) is 19.8. The number of nitrogens with one attached hydrogen (secondary N) is 2. The molecule has 2 aliphatic heterocycles. The molecule has 0 spiro atoms. The van der Waals surface area contributed by atoms with Crippen LogP contribution >= 0.6 is 11.8 Å². The number of anilines is 2. The van der Waals surface area contributed by atoms with Gasteiger partial charge in [-0.05, 0) is 19.1 Å². The number of amides is 1. The van der Waals surface area contributed by atoms with Crippen LogP contribution in [0.2, 0.25) is 0 Å². The van der Waals surface area contributed by atoms with Gasteiger partial charge in [-0.1, -0.05) is 17.8 Å². The van der Waals surface area contributed by atoms with Crippen LogP contribution in [0.4, 0.5) is 11.5 Å². The highest BCUT2D eigenvalue weighted by molar-refractivity contribution is 8.15. The molecular formula is C18H21N5O4S2. The summed E-state index contributed by atoms with van der Waals surface area (Å²) in [5.74, 6) is 1.01. The second kappa shape index (κ2) is 7.71. The maximum atomic E-state index is 12.7. The van der Waals surface area contributed by atoms with E-state index in [0.29, 0.717) is 16.7 Å². The van der Waals surface area contributed by atoms with Gasteiger partial charge in [-0.2, -0.15) is 5.10 Å². The molecule has 154 valence electrons. The lowest BCUT2D eigenvalue weighted by molar-refractivity contribution is -0.114. The van der Waals surface area contributed by atoms with Crippen molar-refractivity contribution in [3.63, 3.8) is 0 Å². The third-order valence-corrected chi connectivity index (χ3v) is 7.92. The Hall–Kier alpha value is -2.53. The van der Waals surface area contributed by atoms with Gasteiger partial charge in [-0.15, -0.1) is 0 Å². The molecule has 4 rings (SSSR count). The lowest BCUT2D eigenvalue weighted by Gasteiger charge is -2.24. The van der Waals surface area contributed by atoms with E-state index in [1.807, 2.05) is 31.2 Å². The van der Waals surface area contributed by atoms with Crippen LogP contribution in [0, 0.1) is 6.92 Å². The third kappa shape index (κ3) is 4.40. The van der Waals surface area contributed by atoms with Crippen molar-refractivity contribution >= 4 is 44.2 Å². The van der Waals surface area contributed by atoms with Crippen molar-refractivity contribution in [3.8, 4) is 5.75 Å². The number of carbonyl (C=O) groups excluding carboxylic acids is 1. The monoisotopic (exact) mass is 435 g/mol. The van der Waals surface area contributed by atoms with E-state index in [4.69, 9.17) is 4.74 Å². The highest BCUT2D eigenvalue weighted by Crippen LogP contribution is 2.37. The number of thioether (sulfide) groups is 1. The Morgan fingerprint density at radius 3 is 2.90 bits per heavy atom. The number of H-pyrrole nitrogens is 1. The molecule has 1 aromatic heterocycles. The van der Waals surface area contributed by atoms with Crippen LogP contribution < -0.4 is 15.0 Å². The molecule has 2 N–H and O–H groups in total. The van der Waals surface area contributed by atoms with E-state index in [1.54, 1.807) is 18.1 Å². The number of methoxy groups -OCH3 is 1. The second-order valence-electron chi connectivity index (χ2n) is 6.98. The predicted octanol–water partition coefficient (Wildman–Crippen LogP) is 1.44. The maximum Gasteiger partial charge on any atom is 0.245 e. The largest absolute Gasteiger partial charge is 0.497 e. The first-order valence-corrected chi connectivity index (χ1v) is 11.7. The normalized spacial score (nSPS) is 22.1. The molecule has 2 aromatic rings. The van der Waals surface area contributed by atoms with Crippen molar-refractivity contribution in [2.24, 2.45) is 4.99 Å². The molecule has 0 bridgehead atoms. The standard InChI is InChI=1S/C18H21N5O4S2/c1-11-6-16(22-21-11)20-17(24)8-23(12-4-3-5-13(7-12)27-2)18-19-14-9-29(25,26)10-15(14)28-18/h3-7,14-15H,8-10H2,1-2H3,(H2,20,21,22,24). The number of rotatable bonds is 5. The maximum absolute atomic E-state index is 12.7. The van der Waals surface area contributed by atoms with Crippen molar-refractivity contribution in [2.75, 3.05) is 35.4 Å². The van der Waals surface area contributed by atoms with Crippen LogP contribution in [0.3, 0.4) is 0 Å². The Morgan fingerprint density at radius 1 is 1.38 bits per heavy atom. The number of aromatic nitrogens is 2. The van der Waals surface area contributed by atoms with Crippen LogP contribution in [0.1, 0.15) is 5.69 Å². The van der Waals surface area contributed by atoms with E-state index in [2.05, 4.69) is 20.5 Å². The Balaban J connectivity index is 1.58. The summed E-state index contributed by atoms with van der Waals surface area (Å²) in [5.41, 5.74) is 1.58. The van der Waals surface area contributed by atoms with Crippen molar-refractivity contribution in [1.82, 2.24) is 10.2 Å². The molecule has 1 amide bonds. The average Bonchev–Trinajstić information content (AvgIpc) is 3.32. The predicted molar refractivity (Wildman–Crippen MR) is 114 cm³/mol. The molecule has 2 unspecified atom stereocenters. The summed E-state index contributed by atoms with van der Waals surface area (Å²) < 4.78 is 29.0. The number of ether oxygens (including phenoxy) is 1. The lowest BCUT2D eigenvalue weighted by atomic mass is 10.2. The van der Waals surface area contributed by atoms with Gasteiger partial charge in [0.2, 0.25) is 5.91 Å². The van der Waals surface area contributed by atoms with Crippen molar-refractivity contribution in [2.45, 2.75) is 18.2 Å². The van der Waals surface area contributed by atoms with Gasteiger partial charge in [0.05, 0.1) is 24.7 Å². The molecule has 29 heavy (non-hydrogen) atoms. The van der Waals surface area contributed by atoms with Crippen LogP contribution in [0.5, 0.6) is 5.75 Å². The Labute approximate surface area is 172 Å². The van der Waals surface area contributed by atoms with E-state index < -0.39 is 9.84 Å². The van der Waals surface area contributed by atoms with Gasteiger partial charge in [-0.25, -0.2) is 8.42 Å². The molecule has 2 atom stereocenters. The SMILES string of the molecule is COc1cccc(N(CC(=O)Nc2cc(C)[nH]n2)C2=NC3CS(=O)(=O)CC3S2)c1. The van der Waals surface area contributed by atoms with E-state index in [0.717, 1.165) is 11.4 Å². The molecule has 0 aliphatic carbocycles. The van der Waals surface area contributed by atoms with Gasteiger partial charge in [0.25, 0.3) is 0 Å². The molecule has 11 heteroatoms. The smallest absolute Gasteiger partial charge is 0.245 e.